The van der Waals surface area contributed by atoms with Gasteiger partial charge in [-0.15, -0.1) is 0 Å². The number of pyridine rings is 1. The topological polar surface area (TPSA) is 59.9 Å². The molecule has 170 valence electrons. The van der Waals surface area contributed by atoms with Crippen molar-refractivity contribution in [1.82, 2.24) is 9.88 Å². The molecule has 1 amide bonds. The molecule has 1 aliphatic heterocycles. The van der Waals surface area contributed by atoms with E-state index in [4.69, 9.17) is 0 Å². The van der Waals surface area contributed by atoms with E-state index in [0.717, 1.165) is 62.0 Å². The average Bonchev–Trinajstić information content (AvgIpc) is 2.86. The van der Waals surface area contributed by atoms with Gasteiger partial charge in [-0.1, -0.05) is 34.1 Å². The number of phenols is 1. The van der Waals surface area contributed by atoms with Gasteiger partial charge in [-0.05, 0) is 59.8 Å². The Hall–Kier alpha value is -2.12. The number of benzene rings is 1. The van der Waals surface area contributed by atoms with Crippen molar-refractivity contribution < 1.29 is 9.90 Å². The molecule has 0 unspecified atom stereocenters. The highest BCUT2D eigenvalue weighted by molar-refractivity contribution is 9.10. The molecule has 2 heterocycles. The summed E-state index contributed by atoms with van der Waals surface area (Å²) in [5.74, 6) is 5.73. The number of anilines is 2. The third-order valence-electron chi connectivity index (χ3n) is 10.3. The van der Waals surface area contributed by atoms with E-state index in [2.05, 4.69) is 30.7 Å². The lowest BCUT2D eigenvalue weighted by Gasteiger charge is -3.09. The maximum atomic E-state index is 14.0. The standard InChI is InChI=1S/C26H27BrN4O2/c27-26-21-18-22(26)20-23(26)19(21)25(18,20)24(33)31(17-7-3-4-8-28-17)14-11-29-9-12-30(13-10-29)15-5-1-2-6-16(15)32/h1-8,18-23,32H,9-14H2. The smallest absolute Gasteiger partial charge is 0.235 e. The second kappa shape index (κ2) is 6.11. The van der Waals surface area contributed by atoms with Gasteiger partial charge < -0.3 is 10.0 Å². The number of alkyl halides is 1. The minimum atomic E-state index is -0.0451. The summed E-state index contributed by atoms with van der Waals surface area (Å²) in [7, 11) is 0. The van der Waals surface area contributed by atoms with Crippen molar-refractivity contribution in [2.24, 2.45) is 40.9 Å². The number of piperazine rings is 1. The fourth-order valence-corrected chi connectivity index (χ4v) is 10.8. The van der Waals surface area contributed by atoms with E-state index in [-0.39, 0.29) is 5.41 Å². The largest absolute Gasteiger partial charge is 0.506 e. The van der Waals surface area contributed by atoms with Crippen molar-refractivity contribution in [3.05, 3.63) is 48.7 Å². The van der Waals surface area contributed by atoms with Gasteiger partial charge in [-0.3, -0.25) is 14.6 Å². The van der Waals surface area contributed by atoms with Gasteiger partial charge in [0.2, 0.25) is 5.91 Å². The summed E-state index contributed by atoms with van der Waals surface area (Å²) >= 11 is 4.02. The molecule has 7 heteroatoms. The zero-order valence-electron chi connectivity index (χ0n) is 18.3. The molecule has 0 radical (unpaired) electrons. The molecule has 0 spiro atoms. The highest BCUT2D eigenvalue weighted by Crippen LogP contribution is 3.09. The molecule has 6 saturated carbocycles. The lowest BCUT2D eigenvalue weighted by Crippen LogP contribution is -3.12. The predicted octanol–water partition coefficient (Wildman–Crippen LogP) is 2.83. The zero-order chi connectivity index (χ0) is 22.1. The second-order valence-electron chi connectivity index (χ2n) is 10.9. The van der Waals surface area contributed by atoms with Crippen LogP contribution >= 0.6 is 15.9 Å². The summed E-state index contributed by atoms with van der Waals surface area (Å²) in [6.07, 6.45) is 1.80. The van der Waals surface area contributed by atoms with Crippen LogP contribution in [0.3, 0.4) is 0 Å². The number of halogens is 1. The SMILES string of the molecule is O=C(N(CCN1CCN(c2ccccc2O)CC1)c1ccccn1)C12C3C4C1C1C2C3C41Br. The van der Waals surface area contributed by atoms with Gasteiger partial charge >= 0.3 is 0 Å². The Bertz CT molecular complexity index is 1110. The normalized spacial score (nSPS) is 42.8. The minimum Gasteiger partial charge on any atom is -0.506 e. The molecule has 0 atom stereocenters. The summed E-state index contributed by atoms with van der Waals surface area (Å²) < 4.78 is 0.442. The molecular formula is C26H27BrN4O2. The van der Waals surface area contributed by atoms with Gasteiger partial charge in [0.25, 0.3) is 0 Å². The maximum absolute atomic E-state index is 14.0. The van der Waals surface area contributed by atoms with E-state index in [1.54, 1.807) is 12.3 Å². The van der Waals surface area contributed by atoms with Crippen LogP contribution in [-0.2, 0) is 4.79 Å². The maximum Gasteiger partial charge on any atom is 0.235 e. The quantitative estimate of drug-likeness (QED) is 0.610. The van der Waals surface area contributed by atoms with Crippen molar-refractivity contribution in [3.8, 4) is 5.75 Å². The van der Waals surface area contributed by atoms with E-state index in [1.165, 1.54) is 0 Å². The predicted molar refractivity (Wildman–Crippen MR) is 128 cm³/mol. The van der Waals surface area contributed by atoms with Gasteiger partial charge in [0.05, 0.1) is 11.1 Å². The number of phenolic OH excluding ortho intramolecular Hbond substituents is 1. The van der Waals surface area contributed by atoms with Crippen molar-refractivity contribution >= 4 is 33.3 Å². The van der Waals surface area contributed by atoms with Gasteiger partial charge in [0.15, 0.2) is 0 Å². The number of amides is 1. The first-order valence-electron chi connectivity index (χ1n) is 12.3. The van der Waals surface area contributed by atoms with E-state index in [9.17, 15) is 9.90 Å². The molecule has 9 rings (SSSR count). The minimum absolute atomic E-state index is 0.0451. The van der Waals surface area contributed by atoms with E-state index in [1.807, 2.05) is 41.3 Å². The number of nitrogens with zero attached hydrogens (tertiary/aromatic N) is 4. The van der Waals surface area contributed by atoms with Crippen molar-refractivity contribution in [2.45, 2.75) is 4.32 Å². The summed E-state index contributed by atoms with van der Waals surface area (Å²) in [4.78, 5) is 25.3. The molecule has 6 aliphatic carbocycles. The first kappa shape index (κ1) is 19.2. The Kier molecular flexibility index (Phi) is 3.56. The van der Waals surface area contributed by atoms with Crippen LogP contribution in [0.15, 0.2) is 48.7 Å². The Balaban J connectivity index is 0.967. The van der Waals surface area contributed by atoms with Gasteiger partial charge in [-0.25, -0.2) is 4.98 Å². The number of aromatic nitrogens is 1. The van der Waals surface area contributed by atoms with Gasteiger partial charge in [-0.2, -0.15) is 0 Å². The Morgan fingerprint density at radius 3 is 2.30 bits per heavy atom. The monoisotopic (exact) mass is 506 g/mol. The van der Waals surface area contributed by atoms with Crippen molar-refractivity contribution in [2.75, 3.05) is 49.1 Å². The molecular weight excluding hydrogens is 480 g/mol. The average molecular weight is 507 g/mol. The Morgan fingerprint density at radius 1 is 1.00 bits per heavy atom. The van der Waals surface area contributed by atoms with Crippen molar-refractivity contribution in [3.63, 3.8) is 0 Å². The Labute approximate surface area is 201 Å². The van der Waals surface area contributed by atoms with Crippen LogP contribution in [0.25, 0.3) is 0 Å². The van der Waals surface area contributed by atoms with Crippen LogP contribution in [0.2, 0.25) is 0 Å². The number of hydrogen-bond donors (Lipinski definition) is 1. The number of carbonyl (C=O) groups is 1. The second-order valence-corrected chi connectivity index (χ2v) is 12.3. The van der Waals surface area contributed by atoms with E-state index < -0.39 is 0 Å². The molecule has 2 aromatic rings. The third kappa shape index (κ3) is 1.92. The lowest BCUT2D eigenvalue weighted by molar-refractivity contribution is -0.574. The molecule has 1 saturated heterocycles. The van der Waals surface area contributed by atoms with Gasteiger partial charge in [0, 0.05) is 49.8 Å². The van der Waals surface area contributed by atoms with Crippen molar-refractivity contribution in [1.29, 1.82) is 0 Å². The van der Waals surface area contributed by atoms with Gasteiger partial charge in [0.1, 0.15) is 11.6 Å². The Morgan fingerprint density at radius 2 is 1.67 bits per heavy atom. The number of rotatable bonds is 6. The summed E-state index contributed by atoms with van der Waals surface area (Å²) in [5, 5.41) is 10.2. The first-order valence-corrected chi connectivity index (χ1v) is 13.1. The lowest BCUT2D eigenvalue weighted by atomic mass is 8.96. The zero-order valence-corrected chi connectivity index (χ0v) is 19.9. The third-order valence-corrected chi connectivity index (χ3v) is 11.9. The van der Waals surface area contributed by atoms with Crippen LogP contribution < -0.4 is 9.80 Å². The number of para-hydroxylation sites is 2. The molecule has 1 aromatic heterocycles. The number of carbonyl (C=O) groups excluding carboxylic acids is 1. The summed E-state index contributed by atoms with van der Waals surface area (Å²) in [6.45, 7) is 5.16. The molecule has 33 heavy (non-hydrogen) atoms. The molecule has 6 nitrogen and oxygen atoms in total. The highest BCUT2D eigenvalue weighted by Gasteiger charge is 3.11. The summed E-state index contributed by atoms with van der Waals surface area (Å²) in [5.41, 5.74) is 0.864. The van der Waals surface area contributed by atoms with Crippen LogP contribution in [0.1, 0.15) is 0 Å². The summed E-state index contributed by atoms with van der Waals surface area (Å²) in [6, 6.07) is 13.5. The fraction of sp³-hybridized carbons (Fsp3) is 0.538. The van der Waals surface area contributed by atoms with Crippen LogP contribution in [0, 0.1) is 40.9 Å². The number of hydrogen-bond acceptors (Lipinski definition) is 5. The van der Waals surface area contributed by atoms with Crippen LogP contribution in [0.4, 0.5) is 11.5 Å². The molecule has 0 bridgehead atoms. The molecule has 7 aliphatic rings. The number of aromatic hydroxyl groups is 1. The highest BCUT2D eigenvalue weighted by atomic mass is 79.9. The van der Waals surface area contributed by atoms with Crippen LogP contribution in [-0.4, -0.2) is 64.5 Å². The fourth-order valence-electron chi connectivity index (χ4n) is 9.08. The molecule has 1 aromatic carbocycles. The molecule has 7 fully saturated rings. The van der Waals surface area contributed by atoms with Crippen LogP contribution in [0.5, 0.6) is 5.75 Å². The van der Waals surface area contributed by atoms with E-state index in [0.29, 0.717) is 40.3 Å². The molecule has 1 N–H and O–H groups in total. The first-order chi connectivity index (χ1) is 16.1. The van der Waals surface area contributed by atoms with E-state index >= 15 is 0 Å².